The van der Waals surface area contributed by atoms with Crippen LogP contribution in [-0.4, -0.2) is 11.0 Å². The van der Waals surface area contributed by atoms with Gasteiger partial charge in [-0.15, -0.1) is 0 Å². The van der Waals surface area contributed by atoms with Gasteiger partial charge in [0.15, 0.2) is 0 Å². The first-order valence-corrected chi connectivity index (χ1v) is 5.07. The molecule has 2 rings (SSSR count). The van der Waals surface area contributed by atoms with Gasteiger partial charge in [-0.2, -0.15) is 0 Å². The third kappa shape index (κ3) is 1.61. The lowest BCUT2D eigenvalue weighted by molar-refractivity contribution is -0.384. The monoisotopic (exact) mass is 206 g/mol. The van der Waals surface area contributed by atoms with Crippen LogP contribution in [-0.2, 0) is 5.41 Å². The Kier molecular flexibility index (Phi) is 2.23. The van der Waals surface area contributed by atoms with Gasteiger partial charge in [-0.05, 0) is 25.3 Å². The van der Waals surface area contributed by atoms with Crippen LogP contribution < -0.4 is 5.73 Å². The van der Waals surface area contributed by atoms with Gasteiger partial charge < -0.3 is 5.73 Å². The van der Waals surface area contributed by atoms with E-state index in [2.05, 4.69) is 0 Å². The Bertz CT molecular complexity index is 397. The van der Waals surface area contributed by atoms with E-state index < -0.39 is 0 Å². The molecule has 0 aromatic heterocycles. The second kappa shape index (κ2) is 3.31. The van der Waals surface area contributed by atoms with E-state index in [0.29, 0.717) is 0 Å². The smallest absolute Gasteiger partial charge is 0.269 e. The number of rotatable bonds is 3. The fraction of sp³-hybridized carbons (Fsp3) is 0.455. The van der Waals surface area contributed by atoms with Crippen molar-refractivity contribution in [3.8, 4) is 0 Å². The third-order valence-electron chi connectivity index (χ3n) is 3.29. The second-order valence-corrected chi connectivity index (χ2v) is 4.25. The van der Waals surface area contributed by atoms with Crippen molar-refractivity contribution in [3.05, 3.63) is 39.9 Å². The number of nitro groups is 1. The van der Waals surface area contributed by atoms with Crippen LogP contribution in [0.3, 0.4) is 0 Å². The lowest BCUT2D eigenvalue weighted by Crippen LogP contribution is -2.31. The van der Waals surface area contributed by atoms with E-state index in [0.717, 1.165) is 18.4 Å². The highest BCUT2D eigenvalue weighted by Gasteiger charge is 2.47. The number of hydrogen-bond acceptors (Lipinski definition) is 3. The quantitative estimate of drug-likeness (QED) is 0.607. The summed E-state index contributed by atoms with van der Waals surface area (Å²) in [7, 11) is 0. The van der Waals surface area contributed by atoms with Crippen molar-refractivity contribution in [1.29, 1.82) is 0 Å². The summed E-state index contributed by atoms with van der Waals surface area (Å²) in [6, 6.07) is 6.88. The molecule has 80 valence electrons. The Hall–Kier alpha value is -1.42. The van der Waals surface area contributed by atoms with Gasteiger partial charge in [0.2, 0.25) is 0 Å². The topological polar surface area (TPSA) is 69.2 Å². The van der Waals surface area contributed by atoms with E-state index in [1.54, 1.807) is 12.1 Å². The maximum absolute atomic E-state index is 10.6. The summed E-state index contributed by atoms with van der Waals surface area (Å²) in [5.74, 6) is 0. The van der Waals surface area contributed by atoms with Crippen molar-refractivity contribution in [2.75, 3.05) is 0 Å². The molecule has 0 bridgehead atoms. The van der Waals surface area contributed by atoms with Gasteiger partial charge in [-0.3, -0.25) is 10.1 Å². The van der Waals surface area contributed by atoms with Gasteiger partial charge in [0.25, 0.3) is 5.69 Å². The summed E-state index contributed by atoms with van der Waals surface area (Å²) < 4.78 is 0. The van der Waals surface area contributed by atoms with Gasteiger partial charge in [0.05, 0.1) is 4.92 Å². The van der Waals surface area contributed by atoms with Crippen LogP contribution in [0.1, 0.15) is 25.3 Å². The molecule has 0 saturated heterocycles. The molecule has 4 nitrogen and oxygen atoms in total. The number of benzene rings is 1. The Morgan fingerprint density at radius 1 is 1.53 bits per heavy atom. The number of non-ortho nitro benzene ring substituents is 1. The molecule has 1 aliphatic rings. The Morgan fingerprint density at radius 3 is 2.67 bits per heavy atom. The van der Waals surface area contributed by atoms with Crippen LogP contribution in [0.2, 0.25) is 0 Å². The molecule has 1 unspecified atom stereocenters. The fourth-order valence-corrected chi connectivity index (χ4v) is 2.07. The molecule has 0 aliphatic heterocycles. The molecule has 0 amide bonds. The predicted octanol–water partition coefficient (Wildman–Crippen LogP) is 1.97. The van der Waals surface area contributed by atoms with Gasteiger partial charge in [0.1, 0.15) is 0 Å². The van der Waals surface area contributed by atoms with Crippen molar-refractivity contribution >= 4 is 5.69 Å². The summed E-state index contributed by atoms with van der Waals surface area (Å²) in [6.45, 7) is 1.96. The van der Waals surface area contributed by atoms with Crippen molar-refractivity contribution in [2.24, 2.45) is 5.73 Å². The van der Waals surface area contributed by atoms with E-state index >= 15 is 0 Å². The number of nitro benzene ring substituents is 1. The van der Waals surface area contributed by atoms with Gasteiger partial charge in [-0.25, -0.2) is 0 Å². The molecule has 0 radical (unpaired) electrons. The van der Waals surface area contributed by atoms with Gasteiger partial charge in [0, 0.05) is 23.6 Å². The molecule has 1 saturated carbocycles. The first-order valence-electron chi connectivity index (χ1n) is 5.07. The normalized spacial score (nSPS) is 19.6. The maximum atomic E-state index is 10.6. The SMILES string of the molecule is CC(N)C1(c2cccc([N+](=O)[O-])c2)CC1. The van der Waals surface area contributed by atoms with Crippen LogP contribution >= 0.6 is 0 Å². The molecule has 15 heavy (non-hydrogen) atoms. The molecule has 1 aliphatic carbocycles. The minimum atomic E-state index is -0.360. The van der Waals surface area contributed by atoms with E-state index in [-0.39, 0.29) is 22.1 Å². The Morgan fingerprint density at radius 2 is 2.20 bits per heavy atom. The number of nitrogens with zero attached hydrogens (tertiary/aromatic N) is 1. The summed E-state index contributed by atoms with van der Waals surface area (Å²) in [5.41, 5.74) is 7.07. The van der Waals surface area contributed by atoms with Crippen LogP contribution in [0.4, 0.5) is 5.69 Å². The predicted molar refractivity (Wildman–Crippen MR) is 57.7 cm³/mol. The average Bonchev–Trinajstić information content (AvgIpc) is 2.98. The highest BCUT2D eigenvalue weighted by molar-refractivity contribution is 5.42. The molecule has 1 atom stereocenters. The van der Waals surface area contributed by atoms with E-state index in [4.69, 9.17) is 5.73 Å². The van der Waals surface area contributed by atoms with Crippen molar-refractivity contribution in [3.63, 3.8) is 0 Å². The second-order valence-electron chi connectivity index (χ2n) is 4.25. The fourth-order valence-electron chi connectivity index (χ4n) is 2.07. The molecule has 2 N–H and O–H groups in total. The van der Waals surface area contributed by atoms with Crippen LogP contribution in [0, 0.1) is 10.1 Å². The lowest BCUT2D eigenvalue weighted by Gasteiger charge is -2.19. The van der Waals surface area contributed by atoms with Gasteiger partial charge >= 0.3 is 0 Å². The molecule has 4 heteroatoms. The van der Waals surface area contributed by atoms with E-state index in [1.807, 2.05) is 13.0 Å². The third-order valence-corrected chi connectivity index (χ3v) is 3.29. The zero-order valence-electron chi connectivity index (χ0n) is 8.64. The zero-order chi connectivity index (χ0) is 11.1. The van der Waals surface area contributed by atoms with E-state index in [9.17, 15) is 10.1 Å². The van der Waals surface area contributed by atoms with Crippen LogP contribution in [0.5, 0.6) is 0 Å². The summed E-state index contributed by atoms with van der Waals surface area (Å²) >= 11 is 0. The zero-order valence-corrected chi connectivity index (χ0v) is 8.64. The molecule has 1 fully saturated rings. The van der Waals surface area contributed by atoms with E-state index in [1.165, 1.54) is 6.07 Å². The largest absolute Gasteiger partial charge is 0.327 e. The van der Waals surface area contributed by atoms with Crippen molar-refractivity contribution in [1.82, 2.24) is 0 Å². The molecule has 1 aromatic carbocycles. The Balaban J connectivity index is 2.37. The summed E-state index contributed by atoms with van der Waals surface area (Å²) in [5, 5.41) is 10.6. The molecule has 0 heterocycles. The highest BCUT2D eigenvalue weighted by atomic mass is 16.6. The summed E-state index contributed by atoms with van der Waals surface area (Å²) in [6.07, 6.45) is 2.07. The van der Waals surface area contributed by atoms with Crippen LogP contribution in [0.25, 0.3) is 0 Å². The number of nitrogens with two attached hydrogens (primary N) is 1. The highest BCUT2D eigenvalue weighted by Crippen LogP contribution is 2.50. The molecular weight excluding hydrogens is 192 g/mol. The number of hydrogen-bond donors (Lipinski definition) is 1. The van der Waals surface area contributed by atoms with Gasteiger partial charge in [-0.1, -0.05) is 12.1 Å². The molecular formula is C11H14N2O2. The minimum Gasteiger partial charge on any atom is -0.327 e. The maximum Gasteiger partial charge on any atom is 0.269 e. The molecule has 0 spiro atoms. The Labute approximate surface area is 88.2 Å². The summed E-state index contributed by atoms with van der Waals surface area (Å²) in [4.78, 5) is 10.3. The first-order chi connectivity index (χ1) is 7.06. The van der Waals surface area contributed by atoms with Crippen molar-refractivity contribution < 1.29 is 4.92 Å². The standard InChI is InChI=1S/C11H14N2O2/c1-8(12)11(5-6-11)9-3-2-4-10(7-9)13(14)15/h2-4,7-8H,5-6,12H2,1H3. The van der Waals surface area contributed by atoms with Crippen LogP contribution in [0.15, 0.2) is 24.3 Å². The van der Waals surface area contributed by atoms with Crippen molar-refractivity contribution in [2.45, 2.75) is 31.2 Å². The molecule has 1 aromatic rings. The first kappa shape index (κ1) is 10.1. The minimum absolute atomic E-state index is 0.00792. The lowest BCUT2D eigenvalue weighted by atomic mass is 9.89. The average molecular weight is 206 g/mol.